The standard InChI is InChI=1S/C22H22N2O5S/c25-21-9-6-18-14-19(7-8-20(18)29-21)30(27,28)24-12-10-17(11-13-24)22(26)23-15-16-4-2-1-3-5-16/h1-9,14,17H,10-13,15H2,(H,23,26). The first-order valence-electron chi connectivity index (χ1n) is 9.79. The summed E-state index contributed by atoms with van der Waals surface area (Å²) >= 11 is 0. The van der Waals surface area contributed by atoms with E-state index in [0.29, 0.717) is 30.4 Å². The lowest BCUT2D eigenvalue weighted by atomic mass is 9.97. The number of hydrogen-bond donors (Lipinski definition) is 1. The maximum atomic E-state index is 13.0. The molecule has 1 aliphatic heterocycles. The second kappa shape index (κ2) is 8.41. The zero-order valence-electron chi connectivity index (χ0n) is 16.3. The van der Waals surface area contributed by atoms with Crippen molar-refractivity contribution in [2.75, 3.05) is 13.1 Å². The Hall–Kier alpha value is -2.97. The smallest absolute Gasteiger partial charge is 0.336 e. The van der Waals surface area contributed by atoms with E-state index in [1.54, 1.807) is 6.07 Å². The summed E-state index contributed by atoms with van der Waals surface area (Å²) in [7, 11) is -3.69. The topological polar surface area (TPSA) is 96.7 Å². The zero-order chi connectivity index (χ0) is 21.1. The van der Waals surface area contributed by atoms with Gasteiger partial charge in [0.2, 0.25) is 15.9 Å². The van der Waals surface area contributed by atoms with E-state index in [0.717, 1.165) is 5.56 Å². The molecule has 0 unspecified atom stereocenters. The molecule has 1 N–H and O–H groups in total. The number of amides is 1. The van der Waals surface area contributed by atoms with Crippen molar-refractivity contribution >= 4 is 26.9 Å². The summed E-state index contributed by atoms with van der Waals surface area (Å²) in [6, 6.07) is 16.9. The number of hydrogen-bond acceptors (Lipinski definition) is 5. The highest BCUT2D eigenvalue weighted by Crippen LogP contribution is 2.26. The Kier molecular flexibility index (Phi) is 5.69. The van der Waals surface area contributed by atoms with Gasteiger partial charge >= 0.3 is 5.63 Å². The molecule has 8 heteroatoms. The molecule has 0 aliphatic carbocycles. The van der Waals surface area contributed by atoms with Crippen molar-refractivity contribution in [2.45, 2.75) is 24.3 Å². The number of nitrogens with zero attached hydrogens (tertiary/aromatic N) is 1. The average Bonchev–Trinajstić information content (AvgIpc) is 2.77. The van der Waals surface area contributed by atoms with Crippen LogP contribution in [-0.2, 0) is 21.4 Å². The van der Waals surface area contributed by atoms with Crippen LogP contribution in [0, 0.1) is 5.92 Å². The summed E-state index contributed by atoms with van der Waals surface area (Å²) in [6.07, 6.45) is 0.949. The van der Waals surface area contributed by atoms with Crippen molar-refractivity contribution in [2.24, 2.45) is 5.92 Å². The molecule has 30 heavy (non-hydrogen) atoms. The molecule has 0 saturated carbocycles. The molecule has 1 aliphatic rings. The molecular formula is C22H22N2O5S. The van der Waals surface area contributed by atoms with Gasteiger partial charge in [0.1, 0.15) is 5.58 Å². The Morgan fingerprint density at radius 2 is 1.77 bits per heavy atom. The normalized spacial score (nSPS) is 15.9. The van der Waals surface area contributed by atoms with E-state index >= 15 is 0 Å². The van der Waals surface area contributed by atoms with E-state index in [-0.39, 0.29) is 29.8 Å². The third kappa shape index (κ3) is 4.29. The van der Waals surface area contributed by atoms with E-state index in [4.69, 9.17) is 4.42 Å². The number of nitrogens with one attached hydrogen (secondary N) is 1. The Morgan fingerprint density at radius 3 is 2.50 bits per heavy atom. The number of rotatable bonds is 5. The third-order valence-corrected chi connectivity index (χ3v) is 7.26. The van der Waals surface area contributed by atoms with E-state index in [1.165, 1.54) is 28.6 Å². The van der Waals surface area contributed by atoms with Crippen LogP contribution in [0.1, 0.15) is 18.4 Å². The van der Waals surface area contributed by atoms with E-state index < -0.39 is 15.6 Å². The highest BCUT2D eigenvalue weighted by molar-refractivity contribution is 7.89. The molecular weight excluding hydrogens is 404 g/mol. The maximum Gasteiger partial charge on any atom is 0.336 e. The van der Waals surface area contributed by atoms with Gasteiger partial charge in [-0.3, -0.25) is 4.79 Å². The first-order valence-corrected chi connectivity index (χ1v) is 11.2. The first kappa shape index (κ1) is 20.3. The number of carbonyl (C=O) groups is 1. The van der Waals surface area contributed by atoms with Crippen LogP contribution >= 0.6 is 0 Å². The Labute approximate surface area is 174 Å². The van der Waals surface area contributed by atoms with E-state index in [9.17, 15) is 18.0 Å². The van der Waals surface area contributed by atoms with Gasteiger partial charge in [-0.15, -0.1) is 0 Å². The number of benzene rings is 2. The summed E-state index contributed by atoms with van der Waals surface area (Å²) in [5.41, 5.74) is 0.888. The number of sulfonamides is 1. The fourth-order valence-corrected chi connectivity index (χ4v) is 5.15. The summed E-state index contributed by atoms with van der Waals surface area (Å²) < 4.78 is 32.5. The third-order valence-electron chi connectivity index (χ3n) is 5.36. The van der Waals surface area contributed by atoms with Crippen LogP contribution in [0.15, 0.2) is 74.8 Å². The van der Waals surface area contributed by atoms with Crippen molar-refractivity contribution in [3.8, 4) is 0 Å². The lowest BCUT2D eigenvalue weighted by molar-refractivity contribution is -0.126. The molecule has 1 aromatic heterocycles. The van der Waals surface area contributed by atoms with Gasteiger partial charge in [-0.2, -0.15) is 4.31 Å². The van der Waals surface area contributed by atoms with Crippen LogP contribution in [0.5, 0.6) is 0 Å². The van der Waals surface area contributed by atoms with Crippen LogP contribution in [-0.4, -0.2) is 31.7 Å². The summed E-state index contributed by atoms with van der Waals surface area (Å²) in [4.78, 5) is 23.9. The highest BCUT2D eigenvalue weighted by atomic mass is 32.2. The number of carbonyl (C=O) groups excluding carboxylic acids is 1. The van der Waals surface area contributed by atoms with Gasteiger partial charge < -0.3 is 9.73 Å². The molecule has 2 aromatic carbocycles. The second-order valence-corrected chi connectivity index (χ2v) is 9.27. The van der Waals surface area contributed by atoms with Crippen molar-refractivity contribution in [1.82, 2.24) is 9.62 Å². The monoisotopic (exact) mass is 426 g/mol. The van der Waals surface area contributed by atoms with Gasteiger partial charge in [-0.05, 0) is 42.7 Å². The predicted molar refractivity (Wildman–Crippen MR) is 112 cm³/mol. The lowest BCUT2D eigenvalue weighted by Crippen LogP contribution is -2.42. The molecule has 3 aromatic rings. The molecule has 0 bridgehead atoms. The summed E-state index contributed by atoms with van der Waals surface area (Å²) in [5.74, 6) is -0.248. The highest BCUT2D eigenvalue weighted by Gasteiger charge is 2.32. The molecule has 7 nitrogen and oxygen atoms in total. The number of piperidine rings is 1. The van der Waals surface area contributed by atoms with Crippen LogP contribution in [0.2, 0.25) is 0 Å². The lowest BCUT2D eigenvalue weighted by Gasteiger charge is -2.30. The van der Waals surface area contributed by atoms with Crippen molar-refractivity contribution < 1.29 is 17.6 Å². The molecule has 4 rings (SSSR count). The van der Waals surface area contributed by atoms with Gasteiger partial charge in [0.25, 0.3) is 0 Å². The van der Waals surface area contributed by atoms with Crippen molar-refractivity contribution in [3.05, 3.63) is 76.6 Å². The fraction of sp³-hybridized carbons (Fsp3) is 0.273. The molecule has 0 spiro atoms. The Bertz CT molecular complexity index is 1210. The quantitative estimate of drug-likeness (QED) is 0.633. The summed E-state index contributed by atoms with van der Waals surface area (Å²) in [6.45, 7) is 1.03. The molecule has 1 amide bonds. The largest absolute Gasteiger partial charge is 0.423 e. The van der Waals surface area contributed by atoms with Crippen LogP contribution in [0.3, 0.4) is 0 Å². The number of fused-ring (bicyclic) bond motifs is 1. The van der Waals surface area contributed by atoms with Crippen LogP contribution in [0.4, 0.5) is 0 Å². The minimum absolute atomic E-state index is 0.0448. The molecule has 2 heterocycles. The molecule has 1 saturated heterocycles. The van der Waals surface area contributed by atoms with Gasteiger partial charge in [-0.1, -0.05) is 30.3 Å². The van der Waals surface area contributed by atoms with E-state index in [2.05, 4.69) is 5.32 Å². The average molecular weight is 426 g/mol. The SMILES string of the molecule is O=C(NCc1ccccc1)C1CCN(S(=O)(=O)c2ccc3oc(=O)ccc3c2)CC1. The Balaban J connectivity index is 1.39. The van der Waals surface area contributed by atoms with Crippen LogP contribution in [0.25, 0.3) is 11.0 Å². The van der Waals surface area contributed by atoms with Crippen LogP contribution < -0.4 is 10.9 Å². The van der Waals surface area contributed by atoms with Gasteiger partial charge in [-0.25, -0.2) is 13.2 Å². The molecule has 1 fully saturated rings. The molecule has 0 radical (unpaired) electrons. The minimum atomic E-state index is -3.69. The van der Waals surface area contributed by atoms with Gasteiger partial charge in [0, 0.05) is 37.0 Å². The van der Waals surface area contributed by atoms with Crippen molar-refractivity contribution in [3.63, 3.8) is 0 Å². The van der Waals surface area contributed by atoms with Gasteiger partial charge in [0.05, 0.1) is 4.90 Å². The molecule has 156 valence electrons. The minimum Gasteiger partial charge on any atom is -0.423 e. The summed E-state index contributed by atoms with van der Waals surface area (Å²) in [5, 5.41) is 3.48. The predicted octanol–water partition coefficient (Wildman–Crippen LogP) is 2.51. The zero-order valence-corrected chi connectivity index (χ0v) is 17.1. The van der Waals surface area contributed by atoms with Gasteiger partial charge in [0.15, 0.2) is 0 Å². The first-order chi connectivity index (χ1) is 14.4. The fourth-order valence-electron chi connectivity index (χ4n) is 3.65. The second-order valence-electron chi connectivity index (χ2n) is 7.34. The molecule has 0 atom stereocenters. The van der Waals surface area contributed by atoms with E-state index in [1.807, 2.05) is 30.3 Å². The maximum absolute atomic E-state index is 13.0. The Morgan fingerprint density at radius 1 is 1.03 bits per heavy atom. The van der Waals surface area contributed by atoms with Crippen molar-refractivity contribution in [1.29, 1.82) is 0 Å².